The van der Waals surface area contributed by atoms with Crippen LogP contribution in [0.4, 0.5) is 0 Å². The van der Waals surface area contributed by atoms with Crippen LogP contribution >= 0.6 is 31.3 Å². The lowest BCUT2D eigenvalue weighted by atomic mass is 10.0. The molecule has 398 valence electrons. The van der Waals surface area contributed by atoms with E-state index in [0.717, 1.165) is 55.9 Å². The highest BCUT2D eigenvalue weighted by molar-refractivity contribution is 7.69. The molecule has 0 fully saturated rings. The minimum Gasteiger partial charge on any atom is -0.344 e. The first-order valence-electron chi connectivity index (χ1n) is 25.8. The van der Waals surface area contributed by atoms with Crippen molar-refractivity contribution in [3.8, 4) is 0 Å². The summed E-state index contributed by atoms with van der Waals surface area (Å²) in [5, 5.41) is 0. The lowest BCUT2D eigenvalue weighted by Gasteiger charge is -2.22. The van der Waals surface area contributed by atoms with E-state index < -0.39 is 61.5 Å². The molecule has 5 atom stereocenters. The number of hydrogen-bond acceptors (Lipinski definition) is 13. The molecule has 0 radical (unpaired) electrons. The van der Waals surface area contributed by atoms with E-state index in [2.05, 4.69) is 27.5 Å². The Labute approximate surface area is 406 Å². The molecule has 0 bridgehead atoms. The number of ether oxygens (including phenoxy) is 1. The summed E-state index contributed by atoms with van der Waals surface area (Å²) in [6, 6.07) is 0. The predicted molar refractivity (Wildman–Crippen MR) is 266 cm³/mol. The molecule has 22 heteroatoms. The maximum Gasteiger partial charge on any atom is 0.490 e. The van der Waals surface area contributed by atoms with Gasteiger partial charge in [-0.05, 0) is 25.8 Å². The van der Waals surface area contributed by atoms with E-state index in [9.17, 15) is 42.5 Å². The monoisotopic (exact) mass is 1050 g/mol. The molecule has 18 nitrogen and oxygen atoms in total. The van der Waals surface area contributed by atoms with Crippen LogP contribution in [0.15, 0.2) is 27.9 Å². The highest BCUT2D eigenvalue weighted by atomic mass is 31.3. The molecule has 2 heterocycles. The van der Waals surface area contributed by atoms with Crippen molar-refractivity contribution >= 4 is 31.3 Å². The number of hydrogen-bond donors (Lipinski definition) is 4. The summed E-state index contributed by atoms with van der Waals surface area (Å²) in [7, 11) is -22.2. The Morgan fingerprint density at radius 2 is 0.868 bits per heavy atom. The molecule has 2 rings (SSSR count). The average Bonchev–Trinajstić information content (AvgIpc) is 3.74. The molecule has 0 saturated carbocycles. The van der Waals surface area contributed by atoms with E-state index >= 15 is 0 Å². The van der Waals surface area contributed by atoms with Crippen LogP contribution in [0.3, 0.4) is 0 Å². The lowest BCUT2D eigenvalue weighted by Crippen LogP contribution is -2.33. The summed E-state index contributed by atoms with van der Waals surface area (Å²) in [5.41, 5.74) is -1.14. The van der Waals surface area contributed by atoms with Crippen LogP contribution in [-0.4, -0.2) is 50.2 Å². The van der Waals surface area contributed by atoms with E-state index in [1.54, 1.807) is 0 Å². The van der Waals surface area contributed by atoms with Crippen molar-refractivity contribution in [2.75, 3.05) is 19.8 Å². The second-order valence-corrected chi connectivity index (χ2v) is 24.5. The summed E-state index contributed by atoms with van der Waals surface area (Å²) < 4.78 is 87.3. The zero-order valence-electron chi connectivity index (χ0n) is 41.5. The molecule has 1 aromatic rings. The largest absolute Gasteiger partial charge is 0.490 e. The van der Waals surface area contributed by atoms with Crippen LogP contribution in [0.5, 0.6) is 0 Å². The average molecular weight is 1050 g/mol. The summed E-state index contributed by atoms with van der Waals surface area (Å²) in [6.07, 6.45) is 38.6. The molecule has 0 amide bonds. The van der Waals surface area contributed by atoms with Gasteiger partial charge < -0.3 is 19.4 Å². The zero-order valence-corrected chi connectivity index (χ0v) is 45.1. The fraction of sp³-hybridized carbons (Fsp3) is 0.870. The van der Waals surface area contributed by atoms with Crippen molar-refractivity contribution in [3.05, 3.63) is 44.8 Å². The number of aryl methyl sites for hydroxylation is 1. The number of aromatic nitrogens is 2. The third-order valence-corrected chi connectivity index (χ3v) is 18.1. The van der Waals surface area contributed by atoms with Crippen molar-refractivity contribution < 1.29 is 64.2 Å². The molecule has 3 unspecified atom stereocenters. The first-order chi connectivity index (χ1) is 32.5. The van der Waals surface area contributed by atoms with Gasteiger partial charge in [-0.15, -0.1) is 0 Å². The number of nitrogens with one attached hydrogen (secondary N) is 1. The van der Waals surface area contributed by atoms with Crippen LogP contribution in [0, 0.1) is 6.92 Å². The Morgan fingerprint density at radius 1 is 0.515 bits per heavy atom. The quantitative estimate of drug-likeness (QED) is 0.0269. The van der Waals surface area contributed by atoms with Gasteiger partial charge in [0.25, 0.3) is 5.56 Å². The van der Waals surface area contributed by atoms with Gasteiger partial charge in [0.2, 0.25) is 0 Å². The Morgan fingerprint density at radius 3 is 1.26 bits per heavy atom. The van der Waals surface area contributed by atoms with E-state index in [1.807, 2.05) is 0 Å². The molecule has 1 aliphatic heterocycles. The molecule has 0 saturated heterocycles. The second-order valence-electron chi connectivity index (χ2n) is 18.1. The summed E-state index contributed by atoms with van der Waals surface area (Å²) >= 11 is 0. The minimum atomic E-state index is -5.94. The predicted octanol–water partition coefficient (Wildman–Crippen LogP) is 14.3. The van der Waals surface area contributed by atoms with Crippen LogP contribution in [0.25, 0.3) is 0 Å². The highest BCUT2D eigenvalue weighted by Crippen LogP contribution is 2.72. The second kappa shape index (κ2) is 36.8. The van der Waals surface area contributed by atoms with E-state index in [0.29, 0.717) is 12.8 Å². The van der Waals surface area contributed by atoms with Gasteiger partial charge >= 0.3 is 37.0 Å². The van der Waals surface area contributed by atoms with Crippen LogP contribution in [0.2, 0.25) is 0 Å². The van der Waals surface area contributed by atoms with Gasteiger partial charge in [0, 0.05) is 11.8 Å². The third kappa shape index (κ3) is 31.4. The van der Waals surface area contributed by atoms with Crippen molar-refractivity contribution in [1.82, 2.24) is 9.55 Å². The maximum atomic E-state index is 13.7. The highest BCUT2D eigenvalue weighted by Gasteiger charge is 2.47. The van der Waals surface area contributed by atoms with Gasteiger partial charge in [0.1, 0.15) is 6.10 Å². The Kier molecular flexibility index (Phi) is 34.1. The number of nitrogens with zero attached hydrogens (tertiary/aromatic N) is 1. The maximum absolute atomic E-state index is 13.7. The van der Waals surface area contributed by atoms with Gasteiger partial charge in [-0.3, -0.25) is 27.9 Å². The number of unbranched alkanes of at least 4 members (excludes halogenated alkanes) is 30. The van der Waals surface area contributed by atoms with Gasteiger partial charge in [-0.25, -0.2) is 23.1 Å². The zero-order chi connectivity index (χ0) is 50.0. The molecule has 68 heavy (non-hydrogen) atoms. The van der Waals surface area contributed by atoms with Crippen LogP contribution < -0.4 is 11.2 Å². The van der Waals surface area contributed by atoms with Crippen LogP contribution in [0.1, 0.15) is 231 Å². The molecule has 1 aliphatic rings. The number of phosphoric ester groups is 2. The minimum absolute atomic E-state index is 0.170. The fourth-order valence-corrected chi connectivity index (χ4v) is 13.4. The normalized spacial score (nSPS) is 17.9. The summed E-state index contributed by atoms with van der Waals surface area (Å²) in [4.78, 5) is 56.9. The third-order valence-electron chi connectivity index (χ3n) is 11.7. The number of phosphoric acid groups is 4. The molecule has 0 aromatic carbocycles. The first-order valence-corrected chi connectivity index (χ1v) is 31.8. The van der Waals surface area contributed by atoms with Crippen molar-refractivity contribution in [2.24, 2.45) is 0 Å². The van der Waals surface area contributed by atoms with Crippen LogP contribution in [-0.2, 0) is 49.5 Å². The van der Waals surface area contributed by atoms with E-state index in [4.69, 9.17) is 22.6 Å². The van der Waals surface area contributed by atoms with Gasteiger partial charge in [0.15, 0.2) is 6.23 Å². The smallest absolute Gasteiger partial charge is 0.344 e. The standard InChI is InChI=1S/C46H88N2O16P4/c1-4-6-8-10-12-14-16-18-20-22-24-26-28-30-32-34-38-58-68(57,59-39-35-33-31-29-27-25-23-21-19-17-15-13-11-9-7-5-2)64-67(55,56)63-66(53,54)62-65(51,52)60-41-43-36-37-44(61-43)48-40-42(3)45(49)47-46(48)50/h36-37,40,43-44H,4-35,38-39,41H2,1-3H3,(H,51,52)(H,53,54)(H,55,56)(H,47,49,50)/t43-,44+/m0/s1. The first kappa shape index (κ1) is 63.1. The Hall–Kier alpha value is -1.06. The lowest BCUT2D eigenvalue weighted by molar-refractivity contribution is -0.0105. The molecular formula is C46H88N2O16P4. The fourth-order valence-electron chi connectivity index (χ4n) is 7.86. The van der Waals surface area contributed by atoms with Crippen molar-refractivity contribution in [3.63, 3.8) is 0 Å². The van der Waals surface area contributed by atoms with Crippen molar-refractivity contribution in [2.45, 2.75) is 239 Å². The summed E-state index contributed by atoms with van der Waals surface area (Å²) in [6.45, 7) is 4.85. The number of aromatic amines is 1. The molecule has 1 aromatic heterocycles. The van der Waals surface area contributed by atoms with E-state index in [-0.39, 0.29) is 18.8 Å². The van der Waals surface area contributed by atoms with Gasteiger partial charge in [-0.2, -0.15) is 12.9 Å². The number of rotatable bonds is 46. The van der Waals surface area contributed by atoms with Gasteiger partial charge in [0.05, 0.1) is 19.8 Å². The van der Waals surface area contributed by atoms with Crippen molar-refractivity contribution in [1.29, 1.82) is 0 Å². The molecule has 0 aliphatic carbocycles. The number of H-pyrrole nitrogens is 1. The summed E-state index contributed by atoms with van der Waals surface area (Å²) in [5.74, 6) is 0. The molecular weight excluding hydrogens is 960 g/mol. The Bertz CT molecular complexity index is 1790. The van der Waals surface area contributed by atoms with Gasteiger partial charge in [-0.1, -0.05) is 213 Å². The molecule has 0 spiro atoms. The SMILES string of the molecule is CCCCCCCCCCCCCCCCCCOP(=O)(OCCCCCCCCCCCCCCCCCC)OP(=O)(O)OP(=O)(O)OP(=O)(O)OC[C@@H]1C=C[C@H](n2cc(C)c(=O)[nH]c2=O)O1. The topological polar surface area (TPSA) is 248 Å². The molecule has 4 N–H and O–H groups in total. The Balaban J connectivity index is 1.80. The van der Waals surface area contributed by atoms with E-state index in [1.165, 1.54) is 167 Å².